The molecule has 3 aromatic rings. The first-order valence-corrected chi connectivity index (χ1v) is 6.43. The van der Waals surface area contributed by atoms with Crippen molar-refractivity contribution >= 4 is 32.4 Å². The number of hydrogen-bond acceptors (Lipinski definition) is 5. The molecule has 0 unspecified atom stereocenters. The highest BCUT2D eigenvalue weighted by Crippen LogP contribution is 2.27. The fourth-order valence-electron chi connectivity index (χ4n) is 1.69. The average molecular weight is 256 g/mol. The Hall–Kier alpha value is -2.14. The topological polar surface area (TPSA) is 63.8 Å². The number of nitrogen functional groups attached to an aromatic ring is 1. The van der Waals surface area contributed by atoms with Crippen molar-refractivity contribution in [3.8, 4) is 0 Å². The molecule has 2 aromatic heterocycles. The van der Waals surface area contributed by atoms with Crippen molar-refractivity contribution in [2.75, 3.05) is 11.1 Å². The largest absolute Gasteiger partial charge is 0.399 e. The van der Waals surface area contributed by atoms with Crippen LogP contribution >= 0.6 is 11.3 Å². The number of pyridine rings is 1. The second-order valence-corrected chi connectivity index (χ2v) is 4.95. The standard InChI is InChI=1S/C13H12N4S/c14-9-4-5-11-12(7-9)18-13(17-11)16-8-10-3-1-2-6-15-10/h1-7H,8,14H2,(H,16,17). The molecule has 1 aromatic carbocycles. The maximum Gasteiger partial charge on any atom is 0.184 e. The van der Waals surface area contributed by atoms with Gasteiger partial charge in [-0.1, -0.05) is 17.4 Å². The van der Waals surface area contributed by atoms with Crippen LogP contribution in [0.25, 0.3) is 10.2 Å². The molecule has 0 spiro atoms. The van der Waals surface area contributed by atoms with Crippen LogP contribution in [0, 0.1) is 0 Å². The number of fused-ring (bicyclic) bond motifs is 1. The zero-order valence-corrected chi connectivity index (χ0v) is 10.4. The second-order valence-electron chi connectivity index (χ2n) is 3.92. The Morgan fingerprint density at radius 2 is 2.17 bits per heavy atom. The third-order valence-electron chi connectivity index (χ3n) is 2.56. The Balaban J connectivity index is 1.79. The van der Waals surface area contributed by atoms with Crippen molar-refractivity contribution in [2.24, 2.45) is 0 Å². The van der Waals surface area contributed by atoms with Crippen molar-refractivity contribution in [3.05, 3.63) is 48.3 Å². The molecule has 0 saturated heterocycles. The Morgan fingerprint density at radius 3 is 3.00 bits per heavy atom. The molecule has 0 radical (unpaired) electrons. The smallest absolute Gasteiger partial charge is 0.184 e. The molecule has 0 amide bonds. The highest BCUT2D eigenvalue weighted by molar-refractivity contribution is 7.22. The van der Waals surface area contributed by atoms with E-state index >= 15 is 0 Å². The van der Waals surface area contributed by atoms with E-state index in [1.54, 1.807) is 17.5 Å². The zero-order chi connectivity index (χ0) is 12.4. The minimum Gasteiger partial charge on any atom is -0.399 e. The molecule has 90 valence electrons. The summed E-state index contributed by atoms with van der Waals surface area (Å²) in [5.41, 5.74) is 8.48. The predicted molar refractivity (Wildman–Crippen MR) is 75.6 cm³/mol. The first-order chi connectivity index (χ1) is 8.81. The van der Waals surface area contributed by atoms with Crippen LogP contribution in [0.15, 0.2) is 42.6 Å². The van der Waals surface area contributed by atoms with Crippen molar-refractivity contribution in [1.82, 2.24) is 9.97 Å². The van der Waals surface area contributed by atoms with E-state index in [-0.39, 0.29) is 0 Å². The van der Waals surface area contributed by atoms with Gasteiger partial charge in [-0.25, -0.2) is 4.98 Å². The molecule has 2 heterocycles. The zero-order valence-electron chi connectivity index (χ0n) is 9.63. The van der Waals surface area contributed by atoms with Gasteiger partial charge in [-0.2, -0.15) is 0 Å². The first-order valence-electron chi connectivity index (χ1n) is 5.61. The normalized spacial score (nSPS) is 10.7. The van der Waals surface area contributed by atoms with Crippen molar-refractivity contribution in [3.63, 3.8) is 0 Å². The number of anilines is 2. The number of rotatable bonds is 3. The monoisotopic (exact) mass is 256 g/mol. The van der Waals surface area contributed by atoms with Gasteiger partial charge in [0.25, 0.3) is 0 Å². The third kappa shape index (κ3) is 2.26. The Morgan fingerprint density at radius 1 is 1.22 bits per heavy atom. The summed E-state index contributed by atoms with van der Waals surface area (Å²) in [6, 6.07) is 11.6. The van der Waals surface area contributed by atoms with Crippen LogP contribution in [0.1, 0.15) is 5.69 Å². The highest BCUT2D eigenvalue weighted by Gasteiger charge is 2.03. The van der Waals surface area contributed by atoms with Crippen LogP contribution in [0.3, 0.4) is 0 Å². The van der Waals surface area contributed by atoms with E-state index < -0.39 is 0 Å². The molecular weight excluding hydrogens is 244 g/mol. The van der Waals surface area contributed by atoms with Crippen LogP contribution in [0.5, 0.6) is 0 Å². The number of benzene rings is 1. The van der Waals surface area contributed by atoms with Gasteiger partial charge in [0.15, 0.2) is 5.13 Å². The van der Waals surface area contributed by atoms with E-state index in [9.17, 15) is 0 Å². The van der Waals surface area contributed by atoms with Crippen LogP contribution in [0.4, 0.5) is 10.8 Å². The minimum absolute atomic E-state index is 0.677. The van der Waals surface area contributed by atoms with E-state index in [0.29, 0.717) is 6.54 Å². The molecule has 4 nitrogen and oxygen atoms in total. The van der Waals surface area contributed by atoms with Crippen molar-refractivity contribution in [1.29, 1.82) is 0 Å². The number of nitrogens with zero attached hydrogens (tertiary/aromatic N) is 2. The molecule has 0 aliphatic carbocycles. The van der Waals surface area contributed by atoms with Gasteiger partial charge in [-0.05, 0) is 30.3 Å². The number of thiazole rings is 1. The van der Waals surface area contributed by atoms with Gasteiger partial charge in [0.1, 0.15) is 0 Å². The van der Waals surface area contributed by atoms with Crippen LogP contribution < -0.4 is 11.1 Å². The molecular formula is C13H12N4S. The molecule has 0 fully saturated rings. The van der Waals surface area contributed by atoms with Gasteiger partial charge in [-0.3, -0.25) is 4.98 Å². The first kappa shape index (κ1) is 11.0. The number of hydrogen-bond donors (Lipinski definition) is 2. The van der Waals surface area contributed by atoms with E-state index in [1.165, 1.54) is 0 Å². The van der Waals surface area contributed by atoms with Crippen molar-refractivity contribution in [2.45, 2.75) is 6.54 Å². The van der Waals surface area contributed by atoms with E-state index in [4.69, 9.17) is 5.73 Å². The Labute approximate surface area is 109 Å². The van der Waals surface area contributed by atoms with Gasteiger partial charge in [-0.15, -0.1) is 0 Å². The highest BCUT2D eigenvalue weighted by atomic mass is 32.1. The lowest BCUT2D eigenvalue weighted by Gasteiger charge is -2.00. The maximum absolute atomic E-state index is 5.75. The summed E-state index contributed by atoms with van der Waals surface area (Å²) in [5, 5.41) is 4.16. The lowest BCUT2D eigenvalue weighted by atomic mass is 10.3. The number of nitrogens with one attached hydrogen (secondary N) is 1. The summed E-state index contributed by atoms with van der Waals surface area (Å²) in [6.45, 7) is 0.677. The number of nitrogens with two attached hydrogens (primary N) is 1. The summed E-state index contributed by atoms with van der Waals surface area (Å²) >= 11 is 1.60. The third-order valence-corrected chi connectivity index (χ3v) is 3.54. The van der Waals surface area contributed by atoms with Gasteiger partial charge < -0.3 is 11.1 Å². The number of aromatic nitrogens is 2. The van der Waals surface area contributed by atoms with Crippen LogP contribution in [0.2, 0.25) is 0 Å². The summed E-state index contributed by atoms with van der Waals surface area (Å²) < 4.78 is 1.10. The van der Waals surface area contributed by atoms with Gasteiger partial charge in [0.05, 0.1) is 22.5 Å². The summed E-state index contributed by atoms with van der Waals surface area (Å²) in [7, 11) is 0. The van der Waals surface area contributed by atoms with E-state index in [2.05, 4.69) is 15.3 Å². The molecule has 0 atom stereocenters. The quantitative estimate of drug-likeness (QED) is 0.707. The van der Waals surface area contributed by atoms with Crippen LogP contribution in [-0.4, -0.2) is 9.97 Å². The summed E-state index contributed by atoms with van der Waals surface area (Å²) in [5.74, 6) is 0. The van der Waals surface area contributed by atoms with Gasteiger partial charge in [0, 0.05) is 11.9 Å². The lowest BCUT2D eigenvalue weighted by Crippen LogP contribution is -2.00. The molecule has 5 heteroatoms. The summed E-state index contributed by atoms with van der Waals surface area (Å²) in [6.07, 6.45) is 1.79. The van der Waals surface area contributed by atoms with Gasteiger partial charge >= 0.3 is 0 Å². The SMILES string of the molecule is Nc1ccc2nc(NCc3ccccn3)sc2c1. The Bertz CT molecular complexity index is 663. The van der Waals surface area contributed by atoms with Gasteiger partial charge in [0.2, 0.25) is 0 Å². The predicted octanol–water partition coefficient (Wildman–Crippen LogP) is 2.89. The molecule has 3 N–H and O–H groups in total. The molecule has 3 rings (SSSR count). The van der Waals surface area contributed by atoms with E-state index in [1.807, 2.05) is 36.4 Å². The fourth-order valence-corrected chi connectivity index (χ4v) is 2.60. The molecule has 0 aliphatic heterocycles. The Kier molecular flexibility index (Phi) is 2.82. The second kappa shape index (κ2) is 4.62. The van der Waals surface area contributed by atoms with E-state index in [0.717, 1.165) is 26.7 Å². The van der Waals surface area contributed by atoms with Crippen molar-refractivity contribution < 1.29 is 0 Å². The molecule has 0 saturated carbocycles. The molecule has 18 heavy (non-hydrogen) atoms. The average Bonchev–Trinajstić information content (AvgIpc) is 2.79. The lowest BCUT2D eigenvalue weighted by molar-refractivity contribution is 1.04. The molecule has 0 bridgehead atoms. The van der Waals surface area contributed by atoms with Crippen LogP contribution in [-0.2, 0) is 6.54 Å². The minimum atomic E-state index is 0.677. The molecule has 0 aliphatic rings. The summed E-state index contributed by atoms with van der Waals surface area (Å²) in [4.78, 5) is 8.75. The fraction of sp³-hybridized carbons (Fsp3) is 0.0769. The maximum atomic E-state index is 5.75.